The van der Waals surface area contributed by atoms with Crippen LogP contribution in [0.4, 0.5) is 0 Å². The molecule has 0 atom stereocenters. The maximum absolute atomic E-state index is 6.88. The summed E-state index contributed by atoms with van der Waals surface area (Å²) in [6, 6.07) is 3.15. The molecule has 0 aliphatic rings. The molecule has 0 aromatic carbocycles. The van der Waals surface area contributed by atoms with Gasteiger partial charge in [0.05, 0.1) is 0 Å². The summed E-state index contributed by atoms with van der Waals surface area (Å²) in [6.07, 6.45) is 0. The molecule has 0 amide bonds. The molecule has 0 fully saturated rings. The molecule has 0 bridgehead atoms. The molecule has 0 radical (unpaired) electrons. The van der Waals surface area contributed by atoms with Crippen molar-refractivity contribution >= 4 is 8.32 Å². The zero-order valence-electron chi connectivity index (χ0n) is 18.3. The quantitative estimate of drug-likeness (QED) is 0.416. The molecule has 0 rings (SSSR count). The predicted octanol–water partition coefficient (Wildman–Crippen LogP) is 6.27. The zero-order valence-corrected chi connectivity index (χ0v) is 21.7. The van der Waals surface area contributed by atoms with Crippen LogP contribution in [-0.2, 0) is 33.0 Å². The third-order valence-corrected chi connectivity index (χ3v) is 19.5. The summed E-state index contributed by atoms with van der Waals surface area (Å²) < 4.78 is 26.4. The first-order chi connectivity index (χ1) is 10.5. The molecule has 0 aromatic heterocycles. The van der Waals surface area contributed by atoms with Gasteiger partial charge in [0.1, 0.15) is 0 Å². The van der Waals surface area contributed by atoms with E-state index in [9.17, 15) is 0 Å². The minimum atomic E-state index is -4.28. The van der Waals surface area contributed by atoms with Crippen molar-refractivity contribution in [3.63, 3.8) is 0 Å². The van der Waals surface area contributed by atoms with Crippen molar-refractivity contribution in [3.05, 3.63) is 0 Å². The molecule has 146 valence electrons. The average molecular weight is 442 g/mol. The van der Waals surface area contributed by atoms with E-state index in [-0.39, 0.29) is 16.8 Å². The van der Waals surface area contributed by atoms with Gasteiger partial charge < -0.3 is 0 Å². The third-order valence-electron chi connectivity index (χ3n) is 3.57. The van der Waals surface area contributed by atoms with Gasteiger partial charge in [0.25, 0.3) is 0 Å². The Bertz CT molecular complexity index is 327. The molecule has 0 aliphatic carbocycles. The van der Waals surface area contributed by atoms with Gasteiger partial charge in [-0.15, -0.1) is 0 Å². The molecule has 0 aromatic rings. The SMILES string of the molecule is CC[Si](CC)(CC)[O][Zr]([O]C(C)(C)C)([O]C(C)(C)C)[O]C(C)(C)C. The van der Waals surface area contributed by atoms with Gasteiger partial charge in [0, 0.05) is 0 Å². The van der Waals surface area contributed by atoms with E-state index in [4.69, 9.17) is 10.9 Å². The van der Waals surface area contributed by atoms with Crippen LogP contribution in [0.3, 0.4) is 0 Å². The first-order valence-electron chi connectivity index (χ1n) is 9.31. The second kappa shape index (κ2) is 8.75. The van der Waals surface area contributed by atoms with E-state index in [1.54, 1.807) is 0 Å². The first-order valence-corrected chi connectivity index (χ1v) is 15.9. The van der Waals surface area contributed by atoms with E-state index in [1.165, 1.54) is 0 Å². The van der Waals surface area contributed by atoms with E-state index in [1.807, 2.05) is 62.3 Å². The van der Waals surface area contributed by atoms with Crippen molar-refractivity contribution in [2.75, 3.05) is 0 Å². The molecule has 0 saturated carbocycles. The van der Waals surface area contributed by atoms with Crippen LogP contribution in [-0.4, -0.2) is 25.1 Å². The zero-order chi connectivity index (χ0) is 19.4. The Balaban J connectivity index is 6.04. The molecule has 0 spiro atoms. The maximum atomic E-state index is 6.88. The Hall–Kier alpha value is 0.940. The molecular formula is C18H42O4SiZr. The van der Waals surface area contributed by atoms with Gasteiger partial charge in [-0.1, -0.05) is 0 Å². The number of hydrogen-bond acceptors (Lipinski definition) is 4. The van der Waals surface area contributed by atoms with E-state index in [0.29, 0.717) is 0 Å². The van der Waals surface area contributed by atoms with Crippen LogP contribution in [0.25, 0.3) is 0 Å². The van der Waals surface area contributed by atoms with Crippen molar-refractivity contribution in [3.8, 4) is 0 Å². The van der Waals surface area contributed by atoms with Crippen LogP contribution in [0.15, 0.2) is 0 Å². The molecule has 0 heterocycles. The summed E-state index contributed by atoms with van der Waals surface area (Å²) in [5, 5.41) is 0. The summed E-state index contributed by atoms with van der Waals surface area (Å²) >= 11 is -4.28. The van der Waals surface area contributed by atoms with E-state index in [0.717, 1.165) is 18.1 Å². The van der Waals surface area contributed by atoms with Crippen molar-refractivity contribution in [2.45, 2.75) is 118 Å². The third kappa shape index (κ3) is 9.59. The van der Waals surface area contributed by atoms with Gasteiger partial charge in [-0.05, 0) is 0 Å². The molecule has 6 heteroatoms. The molecule has 0 saturated heterocycles. The van der Waals surface area contributed by atoms with Crippen LogP contribution in [0.5, 0.6) is 0 Å². The van der Waals surface area contributed by atoms with Gasteiger partial charge >= 0.3 is 159 Å². The Morgan fingerprint density at radius 3 is 1.00 bits per heavy atom. The van der Waals surface area contributed by atoms with Crippen molar-refractivity contribution in [1.82, 2.24) is 0 Å². The molecule has 4 nitrogen and oxygen atoms in total. The summed E-state index contributed by atoms with van der Waals surface area (Å²) in [6.45, 7) is 25.1. The minimum absolute atomic E-state index is 0.373. The van der Waals surface area contributed by atoms with Gasteiger partial charge in [0.15, 0.2) is 0 Å². The standard InChI is InChI=1S/C6H15OSi.3C4H9O.Zr/c1-4-8(7,5-2)6-3;3*1-4(2,3)5;/h4-6H2,1-3H3;3*1-3H3;/q4*-1;+4. The van der Waals surface area contributed by atoms with Crippen LogP contribution in [0.2, 0.25) is 18.1 Å². The monoisotopic (exact) mass is 440 g/mol. The molecule has 0 N–H and O–H groups in total. The van der Waals surface area contributed by atoms with Gasteiger partial charge in [-0.25, -0.2) is 0 Å². The molecule has 24 heavy (non-hydrogen) atoms. The second-order valence-corrected chi connectivity index (χ2v) is 19.6. The fraction of sp³-hybridized carbons (Fsp3) is 1.00. The summed E-state index contributed by atoms with van der Waals surface area (Å²) in [5.41, 5.74) is -1.12. The number of hydrogen-bond donors (Lipinski definition) is 0. The van der Waals surface area contributed by atoms with Crippen molar-refractivity contribution in [2.24, 2.45) is 0 Å². The molecule has 0 unspecified atom stereocenters. The first kappa shape index (κ1) is 24.9. The normalized spacial score (nSPS) is 15.0. The van der Waals surface area contributed by atoms with Gasteiger partial charge in [0.2, 0.25) is 0 Å². The number of rotatable bonds is 8. The van der Waals surface area contributed by atoms with E-state index < -0.39 is 30.3 Å². The Kier molecular flexibility index (Phi) is 9.09. The van der Waals surface area contributed by atoms with E-state index >= 15 is 0 Å². The Morgan fingerprint density at radius 1 is 0.583 bits per heavy atom. The summed E-state index contributed by atoms with van der Waals surface area (Å²) in [5.74, 6) is 0. The van der Waals surface area contributed by atoms with Gasteiger partial charge in [-0.2, -0.15) is 0 Å². The topological polar surface area (TPSA) is 36.9 Å². The molecule has 0 aliphatic heterocycles. The van der Waals surface area contributed by atoms with Crippen LogP contribution in [0, 0.1) is 0 Å². The predicted molar refractivity (Wildman–Crippen MR) is 101 cm³/mol. The van der Waals surface area contributed by atoms with Crippen LogP contribution < -0.4 is 0 Å². The average Bonchev–Trinajstić information content (AvgIpc) is 2.29. The Labute approximate surface area is 159 Å². The second-order valence-electron chi connectivity index (χ2n) is 9.49. The Morgan fingerprint density at radius 2 is 0.833 bits per heavy atom. The van der Waals surface area contributed by atoms with Crippen LogP contribution >= 0.6 is 0 Å². The fourth-order valence-corrected chi connectivity index (χ4v) is 18.9. The molecular weight excluding hydrogens is 400 g/mol. The van der Waals surface area contributed by atoms with Crippen molar-refractivity contribution < 1.29 is 33.0 Å². The summed E-state index contributed by atoms with van der Waals surface area (Å²) in [4.78, 5) is 0. The van der Waals surface area contributed by atoms with Gasteiger partial charge in [-0.3, -0.25) is 0 Å². The van der Waals surface area contributed by atoms with E-state index in [2.05, 4.69) is 20.8 Å². The van der Waals surface area contributed by atoms with Crippen molar-refractivity contribution in [1.29, 1.82) is 0 Å². The van der Waals surface area contributed by atoms with Crippen LogP contribution in [0.1, 0.15) is 83.1 Å². The summed E-state index contributed by atoms with van der Waals surface area (Å²) in [7, 11) is -1.93. The fourth-order valence-electron chi connectivity index (χ4n) is 2.48.